The second-order valence-electron chi connectivity index (χ2n) is 6.08. The van der Waals surface area contributed by atoms with E-state index in [2.05, 4.69) is 26.8 Å². The Bertz CT molecular complexity index is 479. The molecule has 0 amide bonds. The van der Waals surface area contributed by atoms with Gasteiger partial charge < -0.3 is 0 Å². The van der Waals surface area contributed by atoms with Crippen molar-refractivity contribution in [2.45, 2.75) is 31.8 Å². The minimum absolute atomic E-state index is 0.00480. The molecular weight excluding hydrogens is 284 g/mol. The van der Waals surface area contributed by atoms with Crippen LogP contribution in [0.4, 0.5) is 0 Å². The normalized spacial score (nSPS) is 18.1. The first-order chi connectivity index (χ1) is 9.47. The number of ketones is 1. The monoisotopic (exact) mass is 306 g/mol. The van der Waals surface area contributed by atoms with Crippen molar-refractivity contribution in [2.75, 3.05) is 11.5 Å². The van der Waals surface area contributed by atoms with Crippen LogP contribution >= 0.6 is 23.5 Å². The lowest BCUT2D eigenvalue weighted by atomic mass is 9.89. The topological polar surface area (TPSA) is 17.1 Å². The molecule has 1 aromatic rings. The van der Waals surface area contributed by atoms with Crippen LogP contribution in [0.5, 0.6) is 0 Å². The Morgan fingerprint density at radius 3 is 2.30 bits per heavy atom. The molecule has 20 heavy (non-hydrogen) atoms. The van der Waals surface area contributed by atoms with E-state index < -0.39 is 0 Å². The van der Waals surface area contributed by atoms with Gasteiger partial charge in [-0.15, -0.1) is 23.5 Å². The molecule has 0 saturated carbocycles. The van der Waals surface area contributed by atoms with Gasteiger partial charge in [0.2, 0.25) is 0 Å². The molecule has 1 aromatic carbocycles. The molecule has 1 nitrogen and oxygen atoms in total. The van der Waals surface area contributed by atoms with Crippen LogP contribution < -0.4 is 0 Å². The van der Waals surface area contributed by atoms with E-state index in [1.807, 2.05) is 30.3 Å². The highest BCUT2D eigenvalue weighted by atomic mass is 32.2. The first kappa shape index (κ1) is 15.7. The third-order valence-corrected chi connectivity index (χ3v) is 5.87. The van der Waals surface area contributed by atoms with Gasteiger partial charge in [0.25, 0.3) is 0 Å². The zero-order valence-electron chi connectivity index (χ0n) is 12.4. The number of carbonyl (C=O) groups excluding carboxylic acids is 1. The van der Waals surface area contributed by atoms with E-state index in [0.717, 1.165) is 22.6 Å². The van der Waals surface area contributed by atoms with Crippen LogP contribution in [0.1, 0.15) is 32.8 Å². The lowest BCUT2D eigenvalue weighted by Crippen LogP contribution is -2.20. The van der Waals surface area contributed by atoms with Crippen LogP contribution in [0, 0.1) is 5.41 Å². The smallest absolute Gasteiger partial charge is 0.186 e. The summed E-state index contributed by atoms with van der Waals surface area (Å²) in [5, 5.41) is 0. The molecule has 0 atom stereocenters. The average Bonchev–Trinajstić information content (AvgIpc) is 2.45. The Hall–Kier alpha value is -0.670. The number of allylic oxidation sites excluding steroid dienone is 2. The van der Waals surface area contributed by atoms with Crippen molar-refractivity contribution >= 4 is 34.9 Å². The molecule has 0 radical (unpaired) electrons. The van der Waals surface area contributed by atoms with E-state index in [4.69, 9.17) is 0 Å². The lowest BCUT2D eigenvalue weighted by molar-refractivity contribution is -0.112. The van der Waals surface area contributed by atoms with Crippen molar-refractivity contribution in [3.8, 4) is 0 Å². The summed E-state index contributed by atoms with van der Waals surface area (Å²) in [6.45, 7) is 6.43. The molecule has 1 aliphatic rings. The first-order valence-electron chi connectivity index (χ1n) is 7.03. The molecule has 0 aromatic heterocycles. The van der Waals surface area contributed by atoms with Crippen LogP contribution in [0.3, 0.4) is 0 Å². The van der Waals surface area contributed by atoms with Gasteiger partial charge >= 0.3 is 0 Å². The van der Waals surface area contributed by atoms with Crippen molar-refractivity contribution in [3.05, 3.63) is 42.0 Å². The fourth-order valence-corrected chi connectivity index (χ4v) is 4.87. The van der Waals surface area contributed by atoms with E-state index in [9.17, 15) is 4.79 Å². The molecule has 1 fully saturated rings. The molecule has 1 heterocycles. The zero-order chi connectivity index (χ0) is 14.6. The highest BCUT2D eigenvalue weighted by Gasteiger charge is 2.27. The summed E-state index contributed by atoms with van der Waals surface area (Å²) >= 11 is 3.59. The van der Waals surface area contributed by atoms with E-state index in [1.165, 1.54) is 6.42 Å². The van der Waals surface area contributed by atoms with Gasteiger partial charge in [0.05, 0.1) is 0 Å². The van der Waals surface area contributed by atoms with Crippen molar-refractivity contribution in [2.24, 2.45) is 5.41 Å². The summed E-state index contributed by atoms with van der Waals surface area (Å²) in [6.07, 6.45) is 3.34. The van der Waals surface area contributed by atoms with Crippen LogP contribution in [0.2, 0.25) is 0 Å². The molecule has 0 aliphatic carbocycles. The summed E-state index contributed by atoms with van der Waals surface area (Å²) in [5.74, 6) is 2.47. The predicted molar refractivity (Wildman–Crippen MR) is 92.2 cm³/mol. The van der Waals surface area contributed by atoms with Gasteiger partial charge in [-0.1, -0.05) is 57.2 Å². The van der Waals surface area contributed by atoms with Gasteiger partial charge in [0.15, 0.2) is 5.78 Å². The molecule has 1 aliphatic heterocycles. The van der Waals surface area contributed by atoms with Crippen LogP contribution in [-0.2, 0) is 4.79 Å². The van der Waals surface area contributed by atoms with Crippen molar-refractivity contribution in [1.82, 2.24) is 0 Å². The molecule has 0 bridgehead atoms. The molecule has 3 heteroatoms. The fourth-order valence-electron chi connectivity index (χ4n) is 2.11. The Balaban J connectivity index is 2.32. The van der Waals surface area contributed by atoms with Gasteiger partial charge in [0, 0.05) is 5.57 Å². The number of Topliss-reactive ketones (excluding diaryl/α,β-unsaturated/α-hetero) is 1. The molecular formula is C17H22OS2. The minimum atomic E-state index is 0.00480. The number of hydrogen-bond donors (Lipinski definition) is 0. The third kappa shape index (κ3) is 4.42. The summed E-state index contributed by atoms with van der Waals surface area (Å²) in [7, 11) is 0. The van der Waals surface area contributed by atoms with E-state index >= 15 is 0 Å². The maximum absolute atomic E-state index is 12.9. The van der Waals surface area contributed by atoms with E-state index in [1.54, 1.807) is 23.5 Å². The second kappa shape index (κ2) is 6.86. The Kier molecular flexibility index (Phi) is 5.39. The molecule has 0 unspecified atom stereocenters. The number of hydrogen-bond acceptors (Lipinski definition) is 3. The predicted octanol–water partition coefficient (Wildman–Crippen LogP) is 4.88. The molecule has 0 N–H and O–H groups in total. The SMILES string of the molecule is CC(C)(C)/C=C(/C(=O)C1SCCCS1)c1ccccc1. The van der Waals surface area contributed by atoms with Gasteiger partial charge in [0.1, 0.15) is 4.58 Å². The summed E-state index contributed by atoms with van der Waals surface area (Å²) in [4.78, 5) is 12.9. The second-order valence-corrected chi connectivity index (χ2v) is 8.81. The molecule has 2 rings (SSSR count). The highest BCUT2D eigenvalue weighted by Crippen LogP contribution is 2.36. The maximum Gasteiger partial charge on any atom is 0.186 e. The van der Waals surface area contributed by atoms with Crippen molar-refractivity contribution < 1.29 is 4.79 Å². The van der Waals surface area contributed by atoms with Crippen LogP contribution in [-0.4, -0.2) is 21.9 Å². The van der Waals surface area contributed by atoms with E-state index in [0.29, 0.717) is 0 Å². The van der Waals surface area contributed by atoms with Crippen molar-refractivity contribution in [3.63, 3.8) is 0 Å². The average molecular weight is 306 g/mol. The number of benzene rings is 1. The number of thioether (sulfide) groups is 2. The fraction of sp³-hybridized carbons (Fsp3) is 0.471. The first-order valence-corrected chi connectivity index (χ1v) is 9.13. The number of carbonyl (C=O) groups is 1. The van der Waals surface area contributed by atoms with Crippen LogP contribution in [0.25, 0.3) is 5.57 Å². The lowest BCUT2D eigenvalue weighted by Gasteiger charge is -2.23. The van der Waals surface area contributed by atoms with Crippen LogP contribution in [0.15, 0.2) is 36.4 Å². The Morgan fingerprint density at radius 2 is 1.75 bits per heavy atom. The standard InChI is InChI=1S/C17H22OS2/c1-17(2,3)12-14(13-8-5-4-6-9-13)15(18)16-19-10-7-11-20-16/h4-6,8-9,12,16H,7,10-11H2,1-3H3/b14-12+. The van der Waals surface area contributed by atoms with Gasteiger partial charge in [-0.3, -0.25) is 4.79 Å². The largest absolute Gasteiger partial charge is 0.292 e. The summed E-state index contributed by atoms with van der Waals surface area (Å²) in [5.41, 5.74) is 1.93. The van der Waals surface area contributed by atoms with Gasteiger partial charge in [-0.2, -0.15) is 0 Å². The molecule has 0 spiro atoms. The summed E-state index contributed by atoms with van der Waals surface area (Å²) < 4.78 is 0.0672. The number of rotatable bonds is 3. The van der Waals surface area contributed by atoms with Gasteiger partial charge in [-0.25, -0.2) is 0 Å². The molecule has 108 valence electrons. The Morgan fingerprint density at radius 1 is 1.15 bits per heavy atom. The van der Waals surface area contributed by atoms with E-state index in [-0.39, 0.29) is 15.8 Å². The zero-order valence-corrected chi connectivity index (χ0v) is 14.0. The quantitative estimate of drug-likeness (QED) is 0.741. The maximum atomic E-state index is 12.9. The van der Waals surface area contributed by atoms with Crippen molar-refractivity contribution in [1.29, 1.82) is 0 Å². The Labute approximate surface area is 130 Å². The minimum Gasteiger partial charge on any atom is -0.292 e. The molecule has 1 saturated heterocycles. The highest BCUT2D eigenvalue weighted by molar-refractivity contribution is 8.18. The third-order valence-electron chi connectivity index (χ3n) is 2.97. The summed E-state index contributed by atoms with van der Waals surface area (Å²) in [6, 6.07) is 10.1. The van der Waals surface area contributed by atoms with Gasteiger partial charge in [-0.05, 0) is 28.9 Å².